The van der Waals surface area contributed by atoms with E-state index in [1.54, 1.807) is 18.4 Å². The summed E-state index contributed by atoms with van der Waals surface area (Å²) >= 11 is 0. The van der Waals surface area contributed by atoms with Crippen LogP contribution in [0.5, 0.6) is 0 Å². The second kappa shape index (κ2) is 6.41. The molecule has 1 atom stereocenters. The fourth-order valence-electron chi connectivity index (χ4n) is 2.25. The maximum Gasteiger partial charge on any atom is 0.347 e. The van der Waals surface area contributed by atoms with Gasteiger partial charge in [0.15, 0.2) is 0 Å². The van der Waals surface area contributed by atoms with Gasteiger partial charge in [0.1, 0.15) is 0 Å². The van der Waals surface area contributed by atoms with Crippen LogP contribution >= 0.6 is 0 Å². The molecule has 0 fully saturated rings. The Morgan fingerprint density at radius 1 is 1.38 bits per heavy atom. The van der Waals surface area contributed by atoms with Crippen molar-refractivity contribution in [3.05, 3.63) is 27.4 Å². The van der Waals surface area contributed by atoms with Crippen LogP contribution in [-0.2, 0) is 17.8 Å². The van der Waals surface area contributed by atoms with Crippen molar-refractivity contribution in [2.75, 3.05) is 0 Å². The molecule has 0 aliphatic carbocycles. The van der Waals surface area contributed by atoms with E-state index in [1.165, 1.54) is 0 Å². The first-order valence-corrected chi connectivity index (χ1v) is 7.38. The molecule has 1 N–H and O–H groups in total. The molecule has 1 unspecified atom stereocenters. The van der Waals surface area contributed by atoms with E-state index in [9.17, 15) is 9.59 Å². The third kappa shape index (κ3) is 4.16. The second-order valence-corrected chi connectivity index (χ2v) is 6.59. The lowest BCUT2D eigenvalue weighted by Crippen LogP contribution is -2.33. The van der Waals surface area contributed by atoms with Crippen LogP contribution in [-0.4, -0.2) is 20.6 Å². The van der Waals surface area contributed by atoms with E-state index in [4.69, 9.17) is 5.11 Å². The van der Waals surface area contributed by atoms with Gasteiger partial charge in [-0.25, -0.2) is 4.79 Å². The van der Waals surface area contributed by atoms with Gasteiger partial charge in [0.05, 0.1) is 5.92 Å². The zero-order valence-electron chi connectivity index (χ0n) is 13.9. The Hall–Kier alpha value is -1.65. The average molecular weight is 294 g/mol. The van der Waals surface area contributed by atoms with Crippen molar-refractivity contribution >= 4 is 5.97 Å². The minimum absolute atomic E-state index is 0.00120. The highest BCUT2D eigenvalue weighted by Gasteiger charge is 2.22. The van der Waals surface area contributed by atoms with Crippen molar-refractivity contribution in [3.63, 3.8) is 0 Å². The summed E-state index contributed by atoms with van der Waals surface area (Å²) in [7, 11) is 0. The van der Waals surface area contributed by atoms with E-state index < -0.39 is 11.9 Å². The van der Waals surface area contributed by atoms with E-state index in [1.807, 2.05) is 6.92 Å². The maximum absolute atomic E-state index is 12.2. The van der Waals surface area contributed by atoms with Crippen molar-refractivity contribution < 1.29 is 9.90 Å². The molecule has 0 aliphatic heterocycles. The first-order valence-electron chi connectivity index (χ1n) is 7.38. The summed E-state index contributed by atoms with van der Waals surface area (Å²) in [5.74, 6) is -1.32. The fraction of sp³-hybridized carbons (Fsp3) is 0.688. The number of aliphatic carboxylic acids is 1. The number of nitrogens with zero attached hydrogens (tertiary/aromatic N) is 2. The van der Waals surface area contributed by atoms with Gasteiger partial charge in [0.25, 0.3) is 0 Å². The van der Waals surface area contributed by atoms with E-state index in [0.29, 0.717) is 18.7 Å². The van der Waals surface area contributed by atoms with Gasteiger partial charge in [-0.3, -0.25) is 9.36 Å². The summed E-state index contributed by atoms with van der Waals surface area (Å²) in [4.78, 5) is 27.3. The molecule has 0 aliphatic rings. The van der Waals surface area contributed by atoms with Crippen molar-refractivity contribution in [2.45, 2.75) is 60.9 Å². The van der Waals surface area contributed by atoms with E-state index in [2.05, 4.69) is 25.8 Å². The molecule has 21 heavy (non-hydrogen) atoms. The SMILES string of the molecule is CCC(C)(C)Cn1c(C)c(CC(C)C(=O)O)c(C)nc1=O. The van der Waals surface area contributed by atoms with Gasteiger partial charge < -0.3 is 5.11 Å². The molecule has 1 rings (SSSR count). The lowest BCUT2D eigenvalue weighted by Gasteiger charge is -2.26. The molecule has 0 saturated carbocycles. The van der Waals surface area contributed by atoms with Gasteiger partial charge in [0.2, 0.25) is 0 Å². The molecular formula is C16H26N2O3. The Kier molecular flexibility index (Phi) is 5.31. The summed E-state index contributed by atoms with van der Waals surface area (Å²) in [5.41, 5.74) is 2.09. The lowest BCUT2D eigenvalue weighted by atomic mass is 9.90. The van der Waals surface area contributed by atoms with Crippen LogP contribution in [0.4, 0.5) is 0 Å². The minimum atomic E-state index is -0.833. The number of carboxylic acid groups (broad SMARTS) is 1. The number of aryl methyl sites for hydroxylation is 1. The number of carboxylic acids is 1. The molecule has 0 amide bonds. The van der Waals surface area contributed by atoms with E-state index in [0.717, 1.165) is 17.7 Å². The summed E-state index contributed by atoms with van der Waals surface area (Å²) in [6.45, 7) is 12.2. The average Bonchev–Trinajstić information content (AvgIpc) is 2.39. The Morgan fingerprint density at radius 2 is 1.95 bits per heavy atom. The Morgan fingerprint density at radius 3 is 2.43 bits per heavy atom. The predicted octanol–water partition coefficient (Wildman–Crippen LogP) is 2.56. The van der Waals surface area contributed by atoms with Crippen LogP contribution in [0.1, 0.15) is 51.1 Å². The van der Waals surface area contributed by atoms with Crippen molar-refractivity contribution in [1.82, 2.24) is 9.55 Å². The normalized spacial score (nSPS) is 13.2. The van der Waals surface area contributed by atoms with Gasteiger partial charge in [-0.1, -0.05) is 27.7 Å². The molecule has 0 bridgehead atoms. The van der Waals surface area contributed by atoms with Gasteiger partial charge >= 0.3 is 11.7 Å². The van der Waals surface area contributed by atoms with Crippen molar-refractivity contribution in [1.29, 1.82) is 0 Å². The Labute approximate surface area is 126 Å². The van der Waals surface area contributed by atoms with Crippen molar-refractivity contribution in [2.24, 2.45) is 11.3 Å². The van der Waals surface area contributed by atoms with Crippen LogP contribution in [0, 0.1) is 25.2 Å². The molecule has 5 heteroatoms. The zero-order valence-corrected chi connectivity index (χ0v) is 13.9. The van der Waals surface area contributed by atoms with Crippen LogP contribution < -0.4 is 5.69 Å². The van der Waals surface area contributed by atoms with Gasteiger partial charge in [-0.2, -0.15) is 4.98 Å². The first-order chi connectivity index (χ1) is 9.59. The standard InChI is InChI=1S/C16H26N2O3/c1-7-16(5,6)9-18-12(4)13(8-10(2)14(19)20)11(3)17-15(18)21/h10H,7-9H2,1-6H3,(H,19,20). The van der Waals surface area contributed by atoms with Crippen LogP contribution in [0.15, 0.2) is 4.79 Å². The van der Waals surface area contributed by atoms with E-state index in [-0.39, 0.29) is 11.1 Å². The number of hydrogen-bond acceptors (Lipinski definition) is 3. The van der Waals surface area contributed by atoms with Crippen LogP contribution in [0.2, 0.25) is 0 Å². The minimum Gasteiger partial charge on any atom is -0.481 e. The summed E-state index contributed by atoms with van der Waals surface area (Å²) in [6.07, 6.45) is 1.35. The molecule has 0 spiro atoms. The topological polar surface area (TPSA) is 72.2 Å². The van der Waals surface area contributed by atoms with Gasteiger partial charge in [-0.05, 0) is 37.7 Å². The largest absolute Gasteiger partial charge is 0.481 e. The highest BCUT2D eigenvalue weighted by atomic mass is 16.4. The molecular weight excluding hydrogens is 268 g/mol. The van der Waals surface area contributed by atoms with Crippen molar-refractivity contribution in [3.8, 4) is 0 Å². The molecule has 0 saturated heterocycles. The van der Waals surface area contributed by atoms with E-state index >= 15 is 0 Å². The fourth-order valence-corrected chi connectivity index (χ4v) is 2.25. The summed E-state index contributed by atoms with van der Waals surface area (Å²) in [6, 6.07) is 0. The van der Waals surface area contributed by atoms with Gasteiger partial charge in [-0.15, -0.1) is 0 Å². The number of rotatable bonds is 6. The second-order valence-electron chi connectivity index (χ2n) is 6.59. The maximum atomic E-state index is 12.2. The first kappa shape index (κ1) is 17.4. The van der Waals surface area contributed by atoms with Crippen LogP contribution in [0.25, 0.3) is 0 Å². The predicted molar refractivity (Wildman–Crippen MR) is 82.5 cm³/mol. The molecule has 5 nitrogen and oxygen atoms in total. The number of carbonyl (C=O) groups is 1. The molecule has 0 radical (unpaired) electrons. The van der Waals surface area contributed by atoms with Gasteiger partial charge in [0, 0.05) is 17.9 Å². The number of aromatic nitrogens is 2. The monoisotopic (exact) mass is 294 g/mol. The molecule has 1 heterocycles. The summed E-state index contributed by atoms with van der Waals surface area (Å²) in [5, 5.41) is 9.08. The third-order valence-corrected chi connectivity index (χ3v) is 4.25. The molecule has 118 valence electrons. The lowest BCUT2D eigenvalue weighted by molar-refractivity contribution is -0.141. The molecule has 0 aromatic carbocycles. The van der Waals surface area contributed by atoms with Crippen LogP contribution in [0.3, 0.4) is 0 Å². The highest BCUT2D eigenvalue weighted by molar-refractivity contribution is 5.70. The Bertz CT molecular complexity index is 588. The quantitative estimate of drug-likeness (QED) is 0.875. The number of hydrogen-bond donors (Lipinski definition) is 1. The zero-order chi connectivity index (χ0) is 16.4. The smallest absolute Gasteiger partial charge is 0.347 e. The molecule has 1 aromatic rings. The molecule has 1 aromatic heterocycles. The summed E-state index contributed by atoms with van der Waals surface area (Å²) < 4.78 is 1.68. The Balaban J connectivity index is 3.29. The third-order valence-electron chi connectivity index (χ3n) is 4.25. The highest BCUT2D eigenvalue weighted by Crippen LogP contribution is 2.23.